The standard InChI is InChI=1S/C49H82N18O11/c50-19-3-1-9-31(56)41(70)66-40(38(68)27-55)46(75)63-32(11-5-21-52)42(71)60-28-39(69)61-34(12-6-22-53)47(76)67-24-8-14-37(67)45(74)65-36(25-29-15-17-30(26-54)18-16-29)44(73)62-33(10-2-4-20-51)43(72)64-35(48(77)78)13-7-23-59-49(57)58/h13,15-18,31-34,36-38,40,68H,1-12,14,19-25,27-28,50-53,55-56H2,(H,60,71)(H,61,69)(H,62,73)(H,63,75)(H,64,72)(H,65,74)(H,66,70)(H,77,78)(H4,57,58,59)/b35-13-/t31-,32-,33-,34+,36-,37-,38-,40-/m0/s1. The van der Waals surface area contributed by atoms with Gasteiger partial charge in [-0.3, -0.25) is 43.3 Å². The van der Waals surface area contributed by atoms with Crippen molar-refractivity contribution in [2.24, 2.45) is 50.9 Å². The van der Waals surface area contributed by atoms with Gasteiger partial charge in [0.2, 0.25) is 47.3 Å². The van der Waals surface area contributed by atoms with E-state index >= 15 is 0 Å². The van der Waals surface area contributed by atoms with Gasteiger partial charge in [-0.05, 0) is 121 Å². The molecular formula is C49H82N18O11. The van der Waals surface area contributed by atoms with E-state index in [1.54, 1.807) is 12.1 Å². The van der Waals surface area contributed by atoms with Gasteiger partial charge in [-0.15, -0.1) is 0 Å². The zero-order valence-electron chi connectivity index (χ0n) is 44.1. The summed E-state index contributed by atoms with van der Waals surface area (Å²) in [5.41, 5.74) is 45.3. The van der Waals surface area contributed by atoms with Crippen LogP contribution in [-0.2, 0) is 49.6 Å². The largest absolute Gasteiger partial charge is 0.477 e. The minimum atomic E-state index is -1.60. The molecule has 1 fully saturated rings. The fraction of sp³-hybridized carbons (Fsp3) is 0.612. The number of hydrogen-bond donors (Lipinski definition) is 17. The highest BCUT2D eigenvalue weighted by Gasteiger charge is 2.40. The summed E-state index contributed by atoms with van der Waals surface area (Å²) in [6.07, 6.45) is 2.74. The molecule has 0 spiro atoms. The third kappa shape index (κ3) is 23.9. The predicted molar refractivity (Wildman–Crippen MR) is 287 cm³/mol. The Bertz CT molecular complexity index is 2240. The number of carboxylic acids is 1. The molecule has 29 heteroatoms. The van der Waals surface area contributed by atoms with Crippen molar-refractivity contribution in [1.29, 1.82) is 5.26 Å². The minimum absolute atomic E-state index is 0.0146. The molecule has 29 nitrogen and oxygen atoms in total. The van der Waals surface area contributed by atoms with Gasteiger partial charge in [0.15, 0.2) is 5.96 Å². The number of carbonyl (C=O) groups excluding carboxylic acids is 8. The highest BCUT2D eigenvalue weighted by molar-refractivity contribution is 5.99. The highest BCUT2D eigenvalue weighted by Crippen LogP contribution is 2.21. The van der Waals surface area contributed by atoms with Gasteiger partial charge in [0.05, 0.1) is 30.3 Å². The van der Waals surface area contributed by atoms with E-state index in [0.717, 1.165) is 0 Å². The van der Waals surface area contributed by atoms with Crippen LogP contribution < -0.4 is 83.1 Å². The molecule has 2 rings (SSSR count). The number of aliphatic hydroxyl groups is 1. The molecule has 1 aliphatic heterocycles. The molecule has 25 N–H and O–H groups in total. The molecule has 78 heavy (non-hydrogen) atoms. The van der Waals surface area contributed by atoms with Crippen LogP contribution in [0.1, 0.15) is 94.6 Å². The summed E-state index contributed by atoms with van der Waals surface area (Å²) in [6, 6.07) is -0.849. The van der Waals surface area contributed by atoms with Crippen LogP contribution in [0.4, 0.5) is 0 Å². The molecule has 0 unspecified atom stereocenters. The number of guanidine groups is 1. The number of benzene rings is 1. The Kier molecular flexibility index (Phi) is 31.4. The van der Waals surface area contributed by atoms with E-state index in [1.807, 2.05) is 6.07 Å². The van der Waals surface area contributed by atoms with Crippen LogP contribution in [0.2, 0.25) is 0 Å². The van der Waals surface area contributed by atoms with Crippen molar-refractivity contribution in [1.82, 2.24) is 42.1 Å². The van der Waals surface area contributed by atoms with Crippen LogP contribution in [0.25, 0.3) is 0 Å². The summed E-state index contributed by atoms with van der Waals surface area (Å²) < 4.78 is 0. The van der Waals surface area contributed by atoms with E-state index < -0.39 is 120 Å². The summed E-state index contributed by atoms with van der Waals surface area (Å²) in [5, 5.41) is 47.4. The molecule has 0 saturated carbocycles. The first-order chi connectivity index (χ1) is 37.2. The topological polar surface area (TPSA) is 526 Å². The van der Waals surface area contributed by atoms with Crippen molar-refractivity contribution in [2.45, 2.75) is 138 Å². The molecule has 0 bridgehead atoms. The molecular weight excluding hydrogens is 1020 g/mol. The maximum Gasteiger partial charge on any atom is 0.352 e. The highest BCUT2D eigenvalue weighted by atomic mass is 16.4. The molecule has 8 atom stereocenters. The first-order valence-electron chi connectivity index (χ1n) is 26.1. The lowest BCUT2D eigenvalue weighted by Crippen LogP contribution is -2.61. The molecule has 434 valence electrons. The maximum absolute atomic E-state index is 14.3. The van der Waals surface area contributed by atoms with Crippen LogP contribution in [0.3, 0.4) is 0 Å². The second kappa shape index (κ2) is 36.7. The van der Waals surface area contributed by atoms with Gasteiger partial charge in [-0.25, -0.2) is 4.79 Å². The summed E-state index contributed by atoms with van der Waals surface area (Å²) in [7, 11) is 0. The molecule has 1 aliphatic rings. The van der Waals surface area contributed by atoms with Gasteiger partial charge in [0.1, 0.15) is 41.9 Å². The van der Waals surface area contributed by atoms with E-state index in [2.05, 4.69) is 42.2 Å². The number of hydrogen-bond acceptors (Lipinski definition) is 18. The number of aliphatic imine (C=N–C) groups is 1. The summed E-state index contributed by atoms with van der Waals surface area (Å²) in [6.45, 7) is -0.137. The Balaban J connectivity index is 2.33. The fourth-order valence-electron chi connectivity index (χ4n) is 8.12. The van der Waals surface area contributed by atoms with E-state index in [0.29, 0.717) is 49.8 Å². The van der Waals surface area contributed by atoms with Crippen molar-refractivity contribution in [3.8, 4) is 6.07 Å². The van der Waals surface area contributed by atoms with Crippen LogP contribution >= 0.6 is 0 Å². The number of carboxylic acid groups (broad SMARTS) is 1. The number of likely N-dealkylation sites (tertiary alicyclic amines) is 1. The normalized spacial score (nSPS) is 15.8. The lowest BCUT2D eigenvalue weighted by molar-refractivity contribution is -0.142. The molecule has 1 saturated heterocycles. The number of nitriles is 1. The van der Waals surface area contributed by atoms with Crippen molar-refractivity contribution in [3.05, 3.63) is 47.2 Å². The minimum Gasteiger partial charge on any atom is -0.477 e. The van der Waals surface area contributed by atoms with Gasteiger partial charge < -0.3 is 98.2 Å². The second-order valence-electron chi connectivity index (χ2n) is 18.6. The number of aliphatic hydroxyl groups excluding tert-OH is 1. The predicted octanol–water partition coefficient (Wildman–Crippen LogP) is -6.24. The molecule has 0 radical (unpaired) electrons. The Morgan fingerprint density at radius 1 is 0.718 bits per heavy atom. The van der Waals surface area contributed by atoms with Gasteiger partial charge in [-0.1, -0.05) is 24.6 Å². The molecule has 1 heterocycles. The number of carbonyl (C=O) groups is 9. The number of amides is 8. The molecule has 1 aromatic carbocycles. The lowest BCUT2D eigenvalue weighted by atomic mass is 10.0. The summed E-state index contributed by atoms with van der Waals surface area (Å²) >= 11 is 0. The van der Waals surface area contributed by atoms with E-state index in [-0.39, 0.29) is 96.5 Å². The lowest BCUT2D eigenvalue weighted by Gasteiger charge is -2.30. The van der Waals surface area contributed by atoms with E-state index in [4.69, 9.17) is 45.9 Å². The van der Waals surface area contributed by atoms with Crippen LogP contribution in [0, 0.1) is 11.3 Å². The van der Waals surface area contributed by atoms with Gasteiger partial charge in [0, 0.05) is 26.1 Å². The van der Waals surface area contributed by atoms with E-state index in [9.17, 15) is 58.6 Å². The van der Waals surface area contributed by atoms with Gasteiger partial charge >= 0.3 is 5.97 Å². The van der Waals surface area contributed by atoms with Crippen molar-refractivity contribution in [3.63, 3.8) is 0 Å². The summed E-state index contributed by atoms with van der Waals surface area (Å²) in [5.74, 6) is -8.16. The Morgan fingerprint density at radius 3 is 1.90 bits per heavy atom. The van der Waals surface area contributed by atoms with Crippen molar-refractivity contribution in [2.75, 3.05) is 52.4 Å². The quantitative estimate of drug-likeness (QED) is 0.0128. The first kappa shape index (κ1) is 66.8. The SMILES string of the molecule is N#Cc1ccc(C[C@H](NC(=O)[C@@H]2CCCN2C(=O)[C@@H](CCCN)NC(=O)CNC(=O)[C@H](CCCN)NC(=O)[C@@H](NC(=O)[C@@H](N)CCCCN)[C@@H](O)CN)C(=O)N[C@@H](CCCCN)C(=O)N/C(=C\CCN=C(N)N)C(=O)O)cc1. The molecule has 0 aliphatic carbocycles. The summed E-state index contributed by atoms with van der Waals surface area (Å²) in [4.78, 5) is 127. The average Bonchev–Trinajstić information content (AvgIpc) is 3.92. The molecule has 8 amide bonds. The number of nitrogens with zero attached hydrogens (tertiary/aromatic N) is 3. The van der Waals surface area contributed by atoms with Crippen LogP contribution in [0.5, 0.6) is 0 Å². The number of aliphatic carboxylic acids is 1. The molecule has 0 aromatic heterocycles. The van der Waals surface area contributed by atoms with Gasteiger partial charge in [0.25, 0.3) is 0 Å². The molecule has 1 aromatic rings. The number of rotatable bonds is 37. The average molecular weight is 1100 g/mol. The fourth-order valence-corrected chi connectivity index (χ4v) is 8.12. The Morgan fingerprint density at radius 2 is 1.31 bits per heavy atom. The third-order valence-electron chi connectivity index (χ3n) is 12.4. The smallest absolute Gasteiger partial charge is 0.352 e. The van der Waals surface area contributed by atoms with Crippen molar-refractivity contribution < 1.29 is 53.4 Å². The number of nitrogens with two attached hydrogens (primary N) is 8. The Labute approximate surface area is 453 Å². The van der Waals surface area contributed by atoms with E-state index in [1.165, 1.54) is 23.1 Å². The van der Waals surface area contributed by atoms with Crippen molar-refractivity contribution >= 4 is 59.2 Å². The zero-order chi connectivity index (χ0) is 58.2. The first-order valence-corrected chi connectivity index (χ1v) is 26.1. The van der Waals surface area contributed by atoms with Crippen LogP contribution in [-0.4, -0.2) is 175 Å². The van der Waals surface area contributed by atoms with Gasteiger partial charge in [-0.2, -0.15) is 5.26 Å². The Hall–Kier alpha value is -7.33. The van der Waals surface area contributed by atoms with Crippen LogP contribution in [0.15, 0.2) is 41.0 Å². The number of nitrogens with one attached hydrogen (secondary N) is 7. The number of unbranched alkanes of at least 4 members (excludes halogenated alkanes) is 2. The zero-order valence-corrected chi connectivity index (χ0v) is 44.1. The monoisotopic (exact) mass is 1100 g/mol. The second-order valence-corrected chi connectivity index (χ2v) is 18.6. The third-order valence-corrected chi connectivity index (χ3v) is 12.4. The maximum atomic E-state index is 14.3.